The van der Waals surface area contributed by atoms with E-state index in [9.17, 15) is 9.90 Å². The minimum Gasteiger partial charge on any atom is -0.444 e. The number of ether oxygens (including phenoxy) is 1. The second-order valence-corrected chi connectivity index (χ2v) is 8.30. The Morgan fingerprint density at radius 3 is 2.32 bits per heavy atom. The van der Waals surface area contributed by atoms with Crippen LogP contribution in [0.15, 0.2) is 30.3 Å². The average molecular weight is 387 g/mol. The van der Waals surface area contributed by atoms with Crippen LogP contribution in [-0.4, -0.2) is 36.3 Å². The molecule has 1 atom stereocenters. The van der Waals surface area contributed by atoms with E-state index in [-0.39, 0.29) is 5.92 Å². The predicted molar refractivity (Wildman–Crippen MR) is 112 cm³/mol. The van der Waals surface area contributed by atoms with Crippen LogP contribution in [0.25, 0.3) is 0 Å². The van der Waals surface area contributed by atoms with E-state index in [1.54, 1.807) is 13.8 Å². The van der Waals surface area contributed by atoms with Gasteiger partial charge in [0.1, 0.15) is 6.54 Å². The van der Waals surface area contributed by atoms with Gasteiger partial charge in [0.25, 0.3) is 0 Å². The van der Waals surface area contributed by atoms with Gasteiger partial charge in [0.15, 0.2) is 11.2 Å². The Labute approximate surface area is 170 Å². The number of aliphatic hydroxyl groups is 1. The zero-order valence-electron chi connectivity index (χ0n) is 17.9. The summed E-state index contributed by atoms with van der Waals surface area (Å²) in [4.78, 5) is 14.6. The van der Waals surface area contributed by atoms with Crippen molar-refractivity contribution in [3.05, 3.63) is 35.9 Å². The van der Waals surface area contributed by atoms with E-state index in [1.165, 1.54) is 4.90 Å². The van der Waals surface area contributed by atoms with Crippen molar-refractivity contribution in [2.24, 2.45) is 5.92 Å². The van der Waals surface area contributed by atoms with Gasteiger partial charge in [0.2, 0.25) is 0 Å². The second kappa shape index (κ2) is 10.1. The lowest BCUT2D eigenvalue weighted by molar-refractivity contribution is -0.889. The fraction of sp³-hybridized carbons (Fsp3) is 0.625. The molecule has 1 aliphatic carbocycles. The molecule has 4 heteroatoms. The Bertz CT molecular complexity index is 679. The first-order valence-corrected chi connectivity index (χ1v) is 10.7. The van der Waals surface area contributed by atoms with Gasteiger partial charge in [-0.2, -0.15) is 0 Å². The molecule has 1 aliphatic rings. The van der Waals surface area contributed by atoms with E-state index >= 15 is 0 Å². The third kappa shape index (κ3) is 5.59. The molecule has 154 valence electrons. The molecule has 1 unspecified atom stereocenters. The fourth-order valence-corrected chi connectivity index (χ4v) is 3.95. The number of quaternary nitrogens is 1. The van der Waals surface area contributed by atoms with Gasteiger partial charge in [-0.3, -0.25) is 0 Å². The number of esters is 1. The maximum absolute atomic E-state index is 13.2. The average Bonchev–Trinajstić information content (AvgIpc) is 2.71. The molecule has 0 radical (unpaired) electrons. The van der Waals surface area contributed by atoms with Gasteiger partial charge in [-0.25, -0.2) is 4.79 Å². The first-order valence-electron chi connectivity index (χ1n) is 10.7. The molecule has 1 aromatic rings. The number of nitrogens with one attached hydrogen (secondary N) is 1. The van der Waals surface area contributed by atoms with E-state index in [0.29, 0.717) is 5.56 Å². The van der Waals surface area contributed by atoms with Gasteiger partial charge in [0.05, 0.1) is 13.1 Å². The highest BCUT2D eigenvalue weighted by atomic mass is 16.6. The van der Waals surface area contributed by atoms with Crippen molar-refractivity contribution in [2.75, 3.05) is 19.6 Å². The minimum absolute atomic E-state index is 0.125. The molecular formula is C24H36NO3+. The quantitative estimate of drug-likeness (QED) is 0.560. The van der Waals surface area contributed by atoms with E-state index in [2.05, 4.69) is 25.7 Å². The van der Waals surface area contributed by atoms with Gasteiger partial charge >= 0.3 is 5.97 Å². The number of hydrogen-bond donors (Lipinski definition) is 2. The highest BCUT2D eigenvalue weighted by molar-refractivity contribution is 5.82. The molecule has 0 spiro atoms. The van der Waals surface area contributed by atoms with E-state index in [0.717, 1.165) is 51.7 Å². The summed E-state index contributed by atoms with van der Waals surface area (Å²) < 4.78 is 5.79. The van der Waals surface area contributed by atoms with E-state index < -0.39 is 17.2 Å². The molecule has 0 saturated heterocycles. The lowest BCUT2D eigenvalue weighted by atomic mass is 9.73. The fourth-order valence-electron chi connectivity index (χ4n) is 3.95. The Balaban J connectivity index is 2.21. The van der Waals surface area contributed by atoms with E-state index in [1.807, 2.05) is 30.3 Å². The Morgan fingerprint density at radius 1 is 1.14 bits per heavy atom. The molecule has 2 rings (SSSR count). The Hall–Kier alpha value is -1.83. The molecule has 0 amide bonds. The molecular weight excluding hydrogens is 350 g/mol. The highest BCUT2D eigenvalue weighted by Crippen LogP contribution is 2.41. The van der Waals surface area contributed by atoms with Crippen LogP contribution in [0, 0.1) is 17.8 Å². The molecule has 1 saturated carbocycles. The Kier molecular flexibility index (Phi) is 8.10. The molecule has 1 aromatic carbocycles. The molecule has 4 nitrogen and oxygen atoms in total. The van der Waals surface area contributed by atoms with Gasteiger partial charge in [0, 0.05) is 5.92 Å². The predicted octanol–water partition coefficient (Wildman–Crippen LogP) is 2.70. The summed E-state index contributed by atoms with van der Waals surface area (Å²) in [7, 11) is 0. The summed E-state index contributed by atoms with van der Waals surface area (Å²) in [6.45, 7) is 10.6. The zero-order valence-corrected chi connectivity index (χ0v) is 17.9. The van der Waals surface area contributed by atoms with Gasteiger partial charge in [-0.05, 0) is 52.0 Å². The van der Waals surface area contributed by atoms with Crippen LogP contribution in [0.4, 0.5) is 0 Å². The van der Waals surface area contributed by atoms with Gasteiger partial charge < -0.3 is 14.7 Å². The van der Waals surface area contributed by atoms with E-state index in [4.69, 9.17) is 4.74 Å². The number of carbonyl (C=O) groups excluding carboxylic acids is 1. The lowest BCUT2D eigenvalue weighted by Crippen LogP contribution is -3.11. The van der Waals surface area contributed by atoms with Crippen LogP contribution in [0.2, 0.25) is 0 Å². The topological polar surface area (TPSA) is 51.0 Å². The maximum atomic E-state index is 13.2. The van der Waals surface area contributed by atoms with Crippen LogP contribution in [0.3, 0.4) is 0 Å². The van der Waals surface area contributed by atoms with Crippen molar-refractivity contribution in [1.82, 2.24) is 0 Å². The van der Waals surface area contributed by atoms with Crippen LogP contribution in [-0.2, 0) is 15.1 Å². The summed E-state index contributed by atoms with van der Waals surface area (Å²) in [5.74, 6) is 5.54. The number of carbonyl (C=O) groups is 1. The van der Waals surface area contributed by atoms with Crippen molar-refractivity contribution < 1.29 is 19.5 Å². The molecule has 1 fully saturated rings. The lowest BCUT2D eigenvalue weighted by Gasteiger charge is -2.38. The molecule has 28 heavy (non-hydrogen) atoms. The normalized spacial score (nSPS) is 17.5. The van der Waals surface area contributed by atoms with Crippen molar-refractivity contribution in [3.8, 4) is 11.8 Å². The van der Waals surface area contributed by atoms with Gasteiger partial charge in [-0.1, -0.05) is 55.5 Å². The van der Waals surface area contributed by atoms with Crippen LogP contribution in [0.1, 0.15) is 65.4 Å². The molecule has 0 aromatic heterocycles. The molecule has 0 heterocycles. The largest absolute Gasteiger partial charge is 0.444 e. The number of hydrogen-bond acceptors (Lipinski definition) is 3. The van der Waals surface area contributed by atoms with Gasteiger partial charge in [-0.15, -0.1) is 0 Å². The number of rotatable bonds is 7. The summed E-state index contributed by atoms with van der Waals surface area (Å²) >= 11 is 0. The third-order valence-corrected chi connectivity index (χ3v) is 5.80. The summed E-state index contributed by atoms with van der Waals surface area (Å²) in [5.41, 5.74) is -1.95. The standard InChI is InChI=1S/C24H35NO3/c1-5-25(6-2)19-13-18-23(3,4)28-22(26)24(27,20-14-9-7-10-15-20)21-16-11-8-12-17-21/h7,9-10,14-15,21,27H,5-6,8,11-12,16-17,19H2,1-4H3/p+1. The number of benzene rings is 1. The summed E-state index contributed by atoms with van der Waals surface area (Å²) in [5, 5.41) is 11.6. The molecule has 0 bridgehead atoms. The SMILES string of the molecule is CC[NH+](CC)CC#CC(C)(C)OC(=O)C(O)(c1ccccc1)C1CCCCC1. The Morgan fingerprint density at radius 2 is 1.75 bits per heavy atom. The highest BCUT2D eigenvalue weighted by Gasteiger charge is 2.48. The van der Waals surface area contributed by atoms with Crippen LogP contribution >= 0.6 is 0 Å². The smallest absolute Gasteiger partial charge is 0.344 e. The third-order valence-electron chi connectivity index (χ3n) is 5.80. The van der Waals surface area contributed by atoms with Crippen molar-refractivity contribution in [3.63, 3.8) is 0 Å². The van der Waals surface area contributed by atoms with Crippen LogP contribution < -0.4 is 4.90 Å². The summed E-state index contributed by atoms with van der Waals surface area (Å²) in [6, 6.07) is 9.24. The maximum Gasteiger partial charge on any atom is 0.344 e. The molecule has 2 N–H and O–H groups in total. The molecule has 0 aliphatic heterocycles. The summed E-state index contributed by atoms with van der Waals surface area (Å²) in [6.07, 6.45) is 4.88. The van der Waals surface area contributed by atoms with Crippen molar-refractivity contribution in [1.29, 1.82) is 0 Å². The second-order valence-electron chi connectivity index (χ2n) is 8.30. The first kappa shape index (κ1) is 22.5. The minimum atomic E-state index is -1.62. The van der Waals surface area contributed by atoms with Crippen molar-refractivity contribution >= 4 is 5.97 Å². The monoisotopic (exact) mass is 386 g/mol. The van der Waals surface area contributed by atoms with Crippen LogP contribution in [0.5, 0.6) is 0 Å². The zero-order chi connectivity index (χ0) is 20.6. The van der Waals surface area contributed by atoms with Crippen molar-refractivity contribution in [2.45, 2.75) is 71.0 Å². The first-order chi connectivity index (χ1) is 13.3.